The van der Waals surface area contributed by atoms with E-state index in [9.17, 15) is 4.79 Å². The Hall–Kier alpha value is -1.14. The molecule has 0 amide bonds. The molecule has 1 aliphatic rings. The number of anilines is 1. The van der Waals surface area contributed by atoms with Crippen LogP contribution in [0.15, 0.2) is 0 Å². The molecule has 0 radical (unpaired) electrons. The highest BCUT2D eigenvalue weighted by Crippen LogP contribution is 2.35. The van der Waals surface area contributed by atoms with Crippen LogP contribution in [0, 0.1) is 0 Å². The number of thiazole rings is 1. The number of carbonyl (C=O) groups excluding carboxylic acids is 1. The van der Waals surface area contributed by atoms with E-state index in [2.05, 4.69) is 23.7 Å². The van der Waals surface area contributed by atoms with Crippen LogP contribution >= 0.6 is 11.3 Å². The van der Waals surface area contributed by atoms with Crippen LogP contribution in [-0.2, 0) is 15.9 Å². The fourth-order valence-corrected chi connectivity index (χ4v) is 3.40. The highest BCUT2D eigenvalue weighted by molar-refractivity contribution is 7.15. The van der Waals surface area contributed by atoms with E-state index in [4.69, 9.17) is 9.47 Å². The van der Waals surface area contributed by atoms with Gasteiger partial charge in [0.05, 0.1) is 25.3 Å². The summed E-state index contributed by atoms with van der Waals surface area (Å²) in [5.41, 5.74) is 0.389. The van der Waals surface area contributed by atoms with Crippen molar-refractivity contribution in [2.24, 2.45) is 0 Å². The van der Waals surface area contributed by atoms with Gasteiger partial charge in [0.25, 0.3) is 0 Å². The quantitative estimate of drug-likeness (QED) is 0.755. The minimum absolute atomic E-state index is 0.0965. The molecule has 20 heavy (non-hydrogen) atoms. The topological polar surface area (TPSA) is 51.7 Å². The van der Waals surface area contributed by atoms with Gasteiger partial charge in [-0.2, -0.15) is 0 Å². The number of hydrogen-bond donors (Lipinski definition) is 0. The van der Waals surface area contributed by atoms with E-state index < -0.39 is 0 Å². The third-order valence-electron chi connectivity index (χ3n) is 3.45. The van der Waals surface area contributed by atoms with Crippen molar-refractivity contribution in [1.29, 1.82) is 0 Å². The summed E-state index contributed by atoms with van der Waals surface area (Å²) in [4.78, 5) is 19.6. The smallest absolute Gasteiger partial charge is 0.358 e. The first-order chi connectivity index (χ1) is 9.53. The molecule has 1 saturated heterocycles. The van der Waals surface area contributed by atoms with Crippen LogP contribution in [0.5, 0.6) is 0 Å². The molecule has 0 bridgehead atoms. The third-order valence-corrected chi connectivity index (χ3v) is 4.62. The van der Waals surface area contributed by atoms with E-state index >= 15 is 0 Å². The minimum Gasteiger partial charge on any atom is -0.461 e. The first-order valence-electron chi connectivity index (χ1n) is 7.00. The van der Waals surface area contributed by atoms with Gasteiger partial charge in [-0.25, -0.2) is 9.78 Å². The van der Waals surface area contributed by atoms with E-state index in [1.54, 1.807) is 18.4 Å². The number of ether oxygens (including phenoxy) is 2. The zero-order chi connectivity index (χ0) is 14.8. The van der Waals surface area contributed by atoms with Gasteiger partial charge in [0.15, 0.2) is 10.8 Å². The lowest BCUT2D eigenvalue weighted by molar-refractivity contribution is -0.0167. The first-order valence-corrected chi connectivity index (χ1v) is 7.81. The van der Waals surface area contributed by atoms with Crippen LogP contribution < -0.4 is 4.90 Å². The maximum absolute atomic E-state index is 11.9. The zero-order valence-corrected chi connectivity index (χ0v) is 13.4. The van der Waals surface area contributed by atoms with Gasteiger partial charge in [-0.05, 0) is 20.3 Å². The molecule has 2 heterocycles. The first kappa shape index (κ1) is 15.3. The lowest BCUT2D eigenvalue weighted by Gasteiger charge is -2.46. The molecule has 0 atom stereocenters. The van der Waals surface area contributed by atoms with Gasteiger partial charge in [0, 0.05) is 12.0 Å². The molecule has 0 spiro atoms. The Morgan fingerprint density at radius 1 is 1.45 bits per heavy atom. The number of rotatable bonds is 6. The number of aryl methyl sites for hydroxylation is 1. The summed E-state index contributed by atoms with van der Waals surface area (Å²) < 4.78 is 10.5. The molecule has 1 aliphatic heterocycles. The number of aromatic nitrogens is 1. The Morgan fingerprint density at radius 2 is 2.15 bits per heavy atom. The van der Waals surface area contributed by atoms with Crippen LogP contribution in [0.1, 0.15) is 42.6 Å². The molecule has 0 saturated carbocycles. The molecular weight excluding hydrogens is 276 g/mol. The van der Waals surface area contributed by atoms with Crippen molar-refractivity contribution >= 4 is 22.4 Å². The predicted octanol–water partition coefficient (Wildman–Crippen LogP) is 2.50. The summed E-state index contributed by atoms with van der Waals surface area (Å²) in [6.45, 7) is 7.98. The molecule has 0 N–H and O–H groups in total. The van der Waals surface area contributed by atoms with Crippen molar-refractivity contribution in [1.82, 2.24) is 4.98 Å². The van der Waals surface area contributed by atoms with Gasteiger partial charge in [0.1, 0.15) is 0 Å². The van der Waals surface area contributed by atoms with Crippen molar-refractivity contribution in [3.8, 4) is 0 Å². The molecule has 1 aromatic heterocycles. The Morgan fingerprint density at radius 3 is 2.70 bits per heavy atom. The standard InChI is InChI=1S/C14H22N2O3S/c1-5-7-10-11(12(17)19-6-2)15-13(20-10)16-8-14(3,9-16)18-4/h5-9H2,1-4H3. The average Bonchev–Trinajstić information content (AvgIpc) is 2.79. The Kier molecular flexibility index (Phi) is 4.65. The van der Waals surface area contributed by atoms with Crippen molar-refractivity contribution < 1.29 is 14.3 Å². The van der Waals surface area contributed by atoms with Crippen LogP contribution in [0.2, 0.25) is 0 Å². The van der Waals surface area contributed by atoms with Crippen LogP contribution in [0.25, 0.3) is 0 Å². The summed E-state index contributed by atoms with van der Waals surface area (Å²) >= 11 is 1.59. The molecule has 2 rings (SSSR count). The minimum atomic E-state index is -0.312. The molecule has 112 valence electrons. The predicted molar refractivity (Wildman–Crippen MR) is 79.7 cm³/mol. The van der Waals surface area contributed by atoms with E-state index in [1.165, 1.54) is 0 Å². The van der Waals surface area contributed by atoms with E-state index in [1.807, 2.05) is 6.92 Å². The molecular formula is C14H22N2O3S. The van der Waals surface area contributed by atoms with E-state index in [-0.39, 0.29) is 11.6 Å². The molecule has 6 heteroatoms. The summed E-state index contributed by atoms with van der Waals surface area (Å²) in [6, 6.07) is 0. The molecule has 1 fully saturated rings. The summed E-state index contributed by atoms with van der Waals surface area (Å²) in [6.07, 6.45) is 1.85. The van der Waals surface area contributed by atoms with Crippen molar-refractivity contribution in [3.05, 3.63) is 10.6 Å². The normalized spacial score (nSPS) is 16.9. The third kappa shape index (κ3) is 2.96. The maximum atomic E-state index is 11.9. The van der Waals surface area contributed by atoms with Crippen LogP contribution in [-0.4, -0.2) is 43.4 Å². The number of esters is 1. The summed E-state index contributed by atoms with van der Waals surface area (Å²) in [5, 5.41) is 0.894. The number of hydrogen-bond acceptors (Lipinski definition) is 6. The van der Waals surface area contributed by atoms with Gasteiger partial charge in [-0.1, -0.05) is 13.3 Å². The Bertz CT molecular complexity index is 481. The fourth-order valence-electron chi connectivity index (χ4n) is 2.26. The largest absolute Gasteiger partial charge is 0.461 e. The highest BCUT2D eigenvalue weighted by Gasteiger charge is 2.40. The maximum Gasteiger partial charge on any atom is 0.358 e. The monoisotopic (exact) mass is 298 g/mol. The molecule has 0 unspecified atom stereocenters. The van der Waals surface area contributed by atoms with Crippen molar-refractivity contribution in [2.75, 3.05) is 31.7 Å². The molecule has 0 aromatic carbocycles. The van der Waals surface area contributed by atoms with Gasteiger partial charge in [-0.15, -0.1) is 11.3 Å². The number of nitrogens with zero attached hydrogens (tertiary/aromatic N) is 2. The van der Waals surface area contributed by atoms with Crippen LogP contribution in [0.3, 0.4) is 0 Å². The Balaban J connectivity index is 2.15. The zero-order valence-electron chi connectivity index (χ0n) is 12.6. The summed E-state index contributed by atoms with van der Waals surface area (Å²) in [7, 11) is 1.73. The van der Waals surface area contributed by atoms with Gasteiger partial charge in [0.2, 0.25) is 0 Å². The number of methoxy groups -OCH3 is 1. The average molecular weight is 298 g/mol. The second-order valence-electron chi connectivity index (χ2n) is 5.25. The van der Waals surface area contributed by atoms with Gasteiger partial charge >= 0.3 is 5.97 Å². The van der Waals surface area contributed by atoms with Crippen molar-refractivity contribution in [3.63, 3.8) is 0 Å². The second kappa shape index (κ2) is 6.10. The second-order valence-corrected chi connectivity index (χ2v) is 6.31. The number of carbonyl (C=O) groups is 1. The molecule has 1 aromatic rings. The van der Waals surface area contributed by atoms with E-state index in [0.717, 1.165) is 35.9 Å². The molecule has 5 nitrogen and oxygen atoms in total. The van der Waals surface area contributed by atoms with Crippen LogP contribution in [0.4, 0.5) is 5.13 Å². The Labute approximate surface area is 123 Å². The van der Waals surface area contributed by atoms with E-state index in [0.29, 0.717) is 12.3 Å². The SMILES string of the molecule is CCCc1sc(N2CC(C)(OC)C2)nc1C(=O)OCC. The lowest BCUT2D eigenvalue weighted by Crippen LogP contribution is -2.61. The van der Waals surface area contributed by atoms with Gasteiger partial charge in [-0.3, -0.25) is 0 Å². The highest BCUT2D eigenvalue weighted by atomic mass is 32.1. The van der Waals surface area contributed by atoms with Gasteiger partial charge < -0.3 is 14.4 Å². The molecule has 0 aliphatic carbocycles. The lowest BCUT2D eigenvalue weighted by atomic mass is 9.97. The fraction of sp³-hybridized carbons (Fsp3) is 0.714. The summed E-state index contributed by atoms with van der Waals surface area (Å²) in [5.74, 6) is -0.312. The van der Waals surface area contributed by atoms with Crippen molar-refractivity contribution in [2.45, 2.75) is 39.2 Å².